The SMILES string of the molecule is CC1(C)OCC(COCC(COCC2COC(C)(C)O2)OCC(COC(COCC2COC(C)(C)O2)COCC2COC(C)(C)O2)OCC(O)COC(COC(COCC2COC(C)(C)O2)COCC2COC(C)(C)O2)COC(COCC2COC(C)(C)O2)COCC2COC(C)(C)O2)O1. The summed E-state index contributed by atoms with van der Waals surface area (Å²) in [6.07, 6.45) is -7.45. The molecular formula is C69H124O31. The maximum atomic E-state index is 12.0. The molecule has 0 spiro atoms. The average Bonchev–Trinajstić information content (AvgIpc) is 1.83. The Morgan fingerprint density at radius 1 is 0.220 bits per heavy atom. The van der Waals surface area contributed by atoms with Crippen molar-refractivity contribution in [2.75, 3.05) is 198 Å². The van der Waals surface area contributed by atoms with E-state index in [0.717, 1.165) is 0 Å². The fourth-order valence-corrected chi connectivity index (χ4v) is 11.8. The molecule has 8 heterocycles. The lowest BCUT2D eigenvalue weighted by Crippen LogP contribution is -2.40. The van der Waals surface area contributed by atoms with E-state index in [0.29, 0.717) is 52.9 Å². The summed E-state index contributed by atoms with van der Waals surface area (Å²) >= 11 is 0. The van der Waals surface area contributed by atoms with Crippen LogP contribution in [0.25, 0.3) is 0 Å². The molecule has 0 aromatic heterocycles. The van der Waals surface area contributed by atoms with Crippen molar-refractivity contribution in [3.05, 3.63) is 0 Å². The first kappa shape index (κ1) is 84.4. The van der Waals surface area contributed by atoms with Crippen LogP contribution in [0.5, 0.6) is 0 Å². The molecule has 31 nitrogen and oxygen atoms in total. The Hall–Kier alpha value is -1.24. The normalized spacial score (nSPS) is 30.7. The van der Waals surface area contributed by atoms with Gasteiger partial charge in [0.25, 0.3) is 0 Å². The first-order valence-electron chi connectivity index (χ1n) is 35.7. The Morgan fingerprint density at radius 3 is 0.480 bits per heavy atom. The van der Waals surface area contributed by atoms with Crippen molar-refractivity contribution in [3.8, 4) is 0 Å². The molecule has 0 radical (unpaired) electrons. The maximum Gasteiger partial charge on any atom is 0.163 e. The smallest absolute Gasteiger partial charge is 0.163 e. The number of hydrogen-bond donors (Lipinski definition) is 1. The molecule has 100 heavy (non-hydrogen) atoms. The molecule has 0 bridgehead atoms. The highest BCUT2D eigenvalue weighted by atomic mass is 16.8. The highest BCUT2D eigenvalue weighted by Crippen LogP contribution is 2.29. The number of aliphatic hydroxyl groups is 1. The van der Waals surface area contributed by atoms with Gasteiger partial charge in [-0.1, -0.05) is 0 Å². The van der Waals surface area contributed by atoms with Gasteiger partial charge in [-0.05, 0) is 111 Å². The Kier molecular flexibility index (Phi) is 33.5. The van der Waals surface area contributed by atoms with Gasteiger partial charge in [-0.15, -0.1) is 0 Å². The van der Waals surface area contributed by atoms with Crippen molar-refractivity contribution in [2.45, 2.75) is 249 Å². The molecule has 586 valence electrons. The summed E-state index contributed by atoms with van der Waals surface area (Å²) in [5, 5.41) is 12.0. The minimum Gasteiger partial charge on any atom is -0.388 e. The van der Waals surface area contributed by atoms with Crippen LogP contribution in [0.3, 0.4) is 0 Å². The second-order valence-corrected chi connectivity index (χ2v) is 30.3. The van der Waals surface area contributed by atoms with E-state index >= 15 is 0 Å². The lowest BCUT2D eigenvalue weighted by atomic mass is 10.3. The Morgan fingerprint density at radius 2 is 0.350 bits per heavy atom. The topological polar surface area (TPSA) is 297 Å². The van der Waals surface area contributed by atoms with Crippen LogP contribution in [0.15, 0.2) is 0 Å². The molecule has 31 heteroatoms. The van der Waals surface area contributed by atoms with Gasteiger partial charge in [0.05, 0.1) is 198 Å². The molecule has 0 saturated carbocycles. The predicted octanol–water partition coefficient (Wildman–Crippen LogP) is 4.00. The predicted molar refractivity (Wildman–Crippen MR) is 350 cm³/mol. The summed E-state index contributed by atoms with van der Waals surface area (Å²) in [5.74, 6) is -5.85. The minimum atomic E-state index is -1.20. The van der Waals surface area contributed by atoms with Crippen molar-refractivity contribution < 1.29 is 147 Å². The largest absolute Gasteiger partial charge is 0.388 e. The summed E-state index contributed by atoms with van der Waals surface area (Å²) in [6.45, 7) is 35.4. The van der Waals surface area contributed by atoms with Gasteiger partial charge in [0.1, 0.15) is 91.6 Å². The molecule has 0 amide bonds. The fourth-order valence-electron chi connectivity index (χ4n) is 11.8. The summed E-state index contributed by atoms with van der Waals surface area (Å²) in [5.41, 5.74) is 0. The third kappa shape index (κ3) is 32.7. The van der Waals surface area contributed by atoms with E-state index in [9.17, 15) is 5.11 Å². The van der Waals surface area contributed by atoms with Gasteiger partial charge in [-0.3, -0.25) is 0 Å². The molecule has 8 saturated heterocycles. The van der Waals surface area contributed by atoms with Crippen LogP contribution >= 0.6 is 0 Å². The first-order chi connectivity index (χ1) is 47.2. The molecule has 0 aromatic carbocycles. The fraction of sp³-hybridized carbons (Fsp3) is 1.00. The van der Waals surface area contributed by atoms with Crippen LogP contribution < -0.4 is 0 Å². The summed E-state index contributed by atoms with van der Waals surface area (Å²) in [4.78, 5) is 0. The Balaban J connectivity index is 0.956. The third-order valence-corrected chi connectivity index (χ3v) is 16.5. The molecule has 8 atom stereocenters. The second kappa shape index (κ2) is 39.7. The van der Waals surface area contributed by atoms with Gasteiger partial charge in [0.2, 0.25) is 0 Å². The van der Waals surface area contributed by atoms with Crippen LogP contribution in [0, 0.1) is 0 Å². The van der Waals surface area contributed by atoms with E-state index in [-0.39, 0.29) is 194 Å². The third-order valence-electron chi connectivity index (χ3n) is 16.5. The quantitative estimate of drug-likeness (QED) is 0.0900. The lowest BCUT2D eigenvalue weighted by molar-refractivity contribution is -0.167. The van der Waals surface area contributed by atoms with E-state index in [2.05, 4.69) is 0 Å². The standard InChI is InChI=1S/C69H124O31/c1-62(2)85-39-54(93-62)27-71-19-48(20-72-28-55-40-86-63(3,4)94-55)81-35-52(36-82-49(21-73-29-56-41-87-64(5,6)95-56)22-74-30-57-42-88-65(7,8)96-57)79-17-47(70)18-80-53(37-83-50(23-75-31-58-43-89-66(9,10)97-58)24-76-32-59-44-90-67(11,12)98-59)38-84-51(25-77-33-60-45-91-68(13,14)99-60)26-78-34-61-46-92-69(15,16)100-61/h47-61,70H,17-46H2,1-16H3. The summed E-state index contributed by atoms with van der Waals surface area (Å²) in [7, 11) is 0. The zero-order valence-electron chi connectivity index (χ0n) is 62.6. The van der Waals surface area contributed by atoms with Gasteiger partial charge >= 0.3 is 0 Å². The second-order valence-electron chi connectivity index (χ2n) is 30.3. The molecule has 0 aliphatic carbocycles. The van der Waals surface area contributed by atoms with Crippen molar-refractivity contribution in [1.29, 1.82) is 0 Å². The number of aliphatic hydroxyl groups excluding tert-OH is 1. The molecule has 8 aliphatic heterocycles. The molecule has 8 aliphatic rings. The number of ether oxygens (including phenoxy) is 30. The van der Waals surface area contributed by atoms with Crippen LogP contribution in [-0.2, 0) is 142 Å². The van der Waals surface area contributed by atoms with Crippen molar-refractivity contribution in [2.24, 2.45) is 0 Å². The summed E-state index contributed by atoms with van der Waals surface area (Å²) in [6, 6.07) is 0. The lowest BCUT2D eigenvalue weighted by Gasteiger charge is -2.28. The van der Waals surface area contributed by atoms with Gasteiger partial charge < -0.3 is 147 Å². The first-order valence-corrected chi connectivity index (χ1v) is 35.7. The van der Waals surface area contributed by atoms with Crippen molar-refractivity contribution >= 4 is 0 Å². The molecule has 8 unspecified atom stereocenters. The monoisotopic (exact) mass is 1450 g/mol. The van der Waals surface area contributed by atoms with Gasteiger partial charge in [-0.2, -0.15) is 0 Å². The number of hydrogen-bond acceptors (Lipinski definition) is 31. The minimum absolute atomic E-state index is 0.0256. The number of rotatable bonds is 50. The van der Waals surface area contributed by atoms with E-state index in [1.54, 1.807) is 0 Å². The zero-order valence-corrected chi connectivity index (χ0v) is 62.6. The zero-order chi connectivity index (χ0) is 72.1. The molecule has 8 fully saturated rings. The van der Waals surface area contributed by atoms with Crippen LogP contribution in [0.2, 0.25) is 0 Å². The van der Waals surface area contributed by atoms with E-state index in [1.807, 2.05) is 111 Å². The van der Waals surface area contributed by atoms with Gasteiger partial charge in [-0.25, -0.2) is 0 Å². The molecular weight excluding hydrogens is 1320 g/mol. The maximum absolute atomic E-state index is 12.0. The highest BCUT2D eigenvalue weighted by molar-refractivity contribution is 4.79. The highest BCUT2D eigenvalue weighted by Gasteiger charge is 2.40. The Bertz CT molecular complexity index is 1850. The van der Waals surface area contributed by atoms with Crippen molar-refractivity contribution in [1.82, 2.24) is 0 Å². The van der Waals surface area contributed by atoms with E-state index < -0.39 is 89.0 Å². The van der Waals surface area contributed by atoms with Gasteiger partial charge in [0, 0.05) is 0 Å². The average molecular weight is 1450 g/mol. The van der Waals surface area contributed by atoms with Crippen LogP contribution in [-0.4, -0.2) is 341 Å². The van der Waals surface area contributed by atoms with Crippen molar-refractivity contribution in [3.63, 3.8) is 0 Å². The van der Waals surface area contributed by atoms with E-state index in [1.165, 1.54) is 0 Å². The van der Waals surface area contributed by atoms with Crippen LogP contribution in [0.4, 0.5) is 0 Å². The van der Waals surface area contributed by atoms with E-state index in [4.69, 9.17) is 142 Å². The molecule has 1 N–H and O–H groups in total. The van der Waals surface area contributed by atoms with Crippen LogP contribution in [0.1, 0.15) is 111 Å². The molecule has 0 aromatic rings. The summed E-state index contributed by atoms with van der Waals surface area (Å²) < 4.78 is 184. The van der Waals surface area contributed by atoms with Gasteiger partial charge in [0.15, 0.2) is 46.3 Å². The molecule has 8 rings (SSSR count). The Labute approximate surface area is 592 Å².